The summed E-state index contributed by atoms with van der Waals surface area (Å²) in [7, 11) is 0. The summed E-state index contributed by atoms with van der Waals surface area (Å²) in [5.74, 6) is 0.755. The molecule has 6 rings (SSSR count). The highest BCUT2D eigenvalue weighted by atomic mass is 16.6. The Morgan fingerprint density at radius 2 is 1.79 bits per heavy atom. The van der Waals surface area contributed by atoms with Gasteiger partial charge in [0, 0.05) is 34.2 Å². The molecule has 2 amide bonds. The summed E-state index contributed by atoms with van der Waals surface area (Å²) in [6.07, 6.45) is 5.80. The number of hydrogen-bond acceptors (Lipinski definition) is 8. The van der Waals surface area contributed by atoms with Crippen LogP contribution in [0, 0.1) is 6.92 Å². The molecule has 42 heavy (non-hydrogen) atoms. The summed E-state index contributed by atoms with van der Waals surface area (Å²) in [5.41, 5.74) is 3.16. The Bertz CT molecular complexity index is 1960. The Morgan fingerprint density at radius 1 is 0.929 bits per heavy atom. The second-order valence-corrected chi connectivity index (χ2v) is 10.7. The van der Waals surface area contributed by atoms with Gasteiger partial charge in [0.1, 0.15) is 17.1 Å². The van der Waals surface area contributed by atoms with Crippen LogP contribution in [0.3, 0.4) is 0 Å². The normalized spacial score (nSPS) is 11.5. The maximum Gasteiger partial charge on any atom is 0.420 e. The molecule has 0 spiro atoms. The van der Waals surface area contributed by atoms with Gasteiger partial charge in [-0.3, -0.25) is 14.9 Å². The maximum atomic E-state index is 13.4. The molecule has 3 N–H and O–H groups in total. The first kappa shape index (κ1) is 26.6. The lowest BCUT2D eigenvalue weighted by Crippen LogP contribution is -2.34. The van der Waals surface area contributed by atoms with Crippen LogP contribution >= 0.6 is 0 Å². The summed E-state index contributed by atoms with van der Waals surface area (Å²) < 4.78 is 5.73. The number of aromatic nitrogens is 7. The Labute approximate surface area is 240 Å². The van der Waals surface area contributed by atoms with Crippen LogP contribution in [0.15, 0.2) is 73.3 Å². The first-order chi connectivity index (χ1) is 20.1. The van der Waals surface area contributed by atoms with Gasteiger partial charge in [0.15, 0.2) is 11.6 Å². The minimum absolute atomic E-state index is 0.336. The average molecular weight is 562 g/mol. The number of nitrogens with one attached hydrogen (secondary N) is 3. The molecule has 0 saturated heterocycles. The third-order valence-electron chi connectivity index (χ3n) is 6.25. The Balaban J connectivity index is 1.33. The number of aryl methyl sites for hydroxylation is 1. The molecule has 0 aliphatic rings. The van der Waals surface area contributed by atoms with Gasteiger partial charge in [-0.1, -0.05) is 12.1 Å². The van der Waals surface area contributed by atoms with Crippen molar-refractivity contribution < 1.29 is 14.3 Å². The van der Waals surface area contributed by atoms with Crippen molar-refractivity contribution in [2.75, 3.05) is 10.2 Å². The Kier molecular flexibility index (Phi) is 6.57. The fraction of sp³-hybridized carbons (Fsp3) is 0.167. The van der Waals surface area contributed by atoms with Crippen molar-refractivity contribution in [1.82, 2.24) is 35.1 Å². The summed E-state index contributed by atoms with van der Waals surface area (Å²) in [5, 5.41) is 11.4. The minimum Gasteiger partial charge on any atom is -0.443 e. The molecule has 0 fully saturated rings. The zero-order valence-corrected chi connectivity index (χ0v) is 23.3. The maximum absolute atomic E-state index is 13.4. The zero-order valence-electron chi connectivity index (χ0n) is 23.3. The molecule has 210 valence electrons. The van der Waals surface area contributed by atoms with Crippen molar-refractivity contribution in [1.29, 1.82) is 0 Å². The van der Waals surface area contributed by atoms with E-state index in [1.165, 1.54) is 11.1 Å². The van der Waals surface area contributed by atoms with E-state index >= 15 is 0 Å². The average Bonchev–Trinajstić information content (AvgIpc) is 3.59. The molecular weight excluding hydrogens is 534 g/mol. The highest BCUT2D eigenvalue weighted by Crippen LogP contribution is 2.31. The van der Waals surface area contributed by atoms with E-state index in [4.69, 9.17) is 9.72 Å². The quantitative estimate of drug-likeness (QED) is 0.234. The summed E-state index contributed by atoms with van der Waals surface area (Å²) in [4.78, 5) is 48.4. The number of aromatic amines is 2. The second-order valence-electron chi connectivity index (χ2n) is 10.7. The number of benzene rings is 2. The van der Waals surface area contributed by atoms with Gasteiger partial charge < -0.3 is 15.0 Å². The highest BCUT2D eigenvalue weighted by molar-refractivity contribution is 6.05. The monoisotopic (exact) mass is 561 g/mol. The Morgan fingerprint density at radius 3 is 2.60 bits per heavy atom. The number of ether oxygens (including phenoxy) is 1. The van der Waals surface area contributed by atoms with E-state index in [9.17, 15) is 9.59 Å². The molecule has 0 aliphatic carbocycles. The van der Waals surface area contributed by atoms with Crippen LogP contribution in [0.25, 0.3) is 33.2 Å². The van der Waals surface area contributed by atoms with E-state index in [2.05, 4.69) is 35.5 Å². The van der Waals surface area contributed by atoms with Crippen molar-refractivity contribution in [2.45, 2.75) is 33.3 Å². The molecular formula is C30H27N9O3. The van der Waals surface area contributed by atoms with Gasteiger partial charge in [-0.05, 0) is 64.1 Å². The van der Waals surface area contributed by atoms with Gasteiger partial charge in [-0.2, -0.15) is 5.10 Å². The molecule has 0 radical (unpaired) electrons. The fourth-order valence-corrected chi connectivity index (χ4v) is 4.42. The van der Waals surface area contributed by atoms with Gasteiger partial charge in [0.2, 0.25) is 0 Å². The molecule has 0 bridgehead atoms. The van der Waals surface area contributed by atoms with Crippen LogP contribution in [0.2, 0.25) is 0 Å². The molecule has 0 unspecified atom stereocenters. The van der Waals surface area contributed by atoms with E-state index in [1.807, 2.05) is 51.1 Å². The smallest absolute Gasteiger partial charge is 0.420 e. The number of nitrogens with zero attached hydrogens (tertiary/aromatic N) is 6. The third kappa shape index (κ3) is 5.50. The summed E-state index contributed by atoms with van der Waals surface area (Å²) in [6, 6.07) is 14.5. The van der Waals surface area contributed by atoms with Crippen LogP contribution in [-0.2, 0) is 4.74 Å². The van der Waals surface area contributed by atoms with Crippen LogP contribution < -0.4 is 10.2 Å². The second kappa shape index (κ2) is 10.4. The molecule has 12 nitrogen and oxygen atoms in total. The number of carbonyl (C=O) groups excluding carboxylic acids is 2. The predicted octanol–water partition coefficient (Wildman–Crippen LogP) is 5.93. The van der Waals surface area contributed by atoms with Crippen molar-refractivity contribution in [3.8, 4) is 11.4 Å². The van der Waals surface area contributed by atoms with Gasteiger partial charge in [0.05, 0.1) is 29.3 Å². The first-order valence-electron chi connectivity index (χ1n) is 13.2. The summed E-state index contributed by atoms with van der Waals surface area (Å²) in [6.45, 7) is 7.22. The van der Waals surface area contributed by atoms with E-state index < -0.39 is 11.7 Å². The summed E-state index contributed by atoms with van der Waals surface area (Å²) >= 11 is 0. The van der Waals surface area contributed by atoms with Gasteiger partial charge in [0.25, 0.3) is 5.91 Å². The van der Waals surface area contributed by atoms with E-state index in [-0.39, 0.29) is 5.91 Å². The number of carbonyl (C=O) groups is 2. The molecule has 0 atom stereocenters. The largest absolute Gasteiger partial charge is 0.443 e. The third-order valence-corrected chi connectivity index (χ3v) is 6.25. The lowest BCUT2D eigenvalue weighted by atomic mass is 10.1. The van der Waals surface area contributed by atoms with E-state index in [0.717, 1.165) is 21.8 Å². The number of amides is 2. The number of hydrogen-bond donors (Lipinski definition) is 3. The van der Waals surface area contributed by atoms with Crippen molar-refractivity contribution >= 4 is 51.1 Å². The van der Waals surface area contributed by atoms with Gasteiger partial charge >= 0.3 is 6.09 Å². The van der Waals surface area contributed by atoms with Crippen LogP contribution in [-0.4, -0.2) is 52.7 Å². The highest BCUT2D eigenvalue weighted by Gasteiger charge is 2.27. The van der Waals surface area contributed by atoms with Crippen LogP contribution in [0.1, 0.15) is 37.0 Å². The molecule has 4 heterocycles. The molecule has 12 heteroatoms. The van der Waals surface area contributed by atoms with Gasteiger partial charge in [-0.25, -0.2) is 24.6 Å². The van der Waals surface area contributed by atoms with Gasteiger partial charge in [-0.15, -0.1) is 0 Å². The fourth-order valence-electron chi connectivity index (χ4n) is 4.42. The van der Waals surface area contributed by atoms with Crippen LogP contribution in [0.4, 0.5) is 22.1 Å². The number of H-pyrrole nitrogens is 2. The topological polar surface area (TPSA) is 155 Å². The molecule has 2 aromatic carbocycles. The molecule has 6 aromatic rings. The standard InChI is InChI=1S/C30H27N9O3/c1-17-14-31-16-25(34-17)36-28(40)24-12-18-5-6-19(13-23(18)35-24)27-32-10-9-26(37-27)39(29(41)42-30(2,3)4)21-7-8-22-20(11-21)15-33-38-22/h5-16,35H,1-4H3,(H,33,38)(H,34,36,40). The predicted molar refractivity (Wildman–Crippen MR) is 159 cm³/mol. The Hall–Kier alpha value is -5.65. The van der Waals surface area contributed by atoms with Crippen molar-refractivity contribution in [3.05, 3.63) is 84.7 Å². The number of rotatable bonds is 5. The van der Waals surface area contributed by atoms with E-state index in [0.29, 0.717) is 40.1 Å². The molecule has 0 aliphatic heterocycles. The number of anilines is 3. The van der Waals surface area contributed by atoms with Crippen molar-refractivity contribution in [2.24, 2.45) is 0 Å². The lowest BCUT2D eigenvalue weighted by Gasteiger charge is -2.27. The molecule has 4 aromatic heterocycles. The lowest BCUT2D eigenvalue weighted by molar-refractivity contribution is 0.0598. The van der Waals surface area contributed by atoms with Crippen LogP contribution in [0.5, 0.6) is 0 Å². The minimum atomic E-state index is -0.723. The SMILES string of the molecule is Cc1cncc(NC(=O)c2cc3ccc(-c4nccc(N(C(=O)OC(C)(C)C)c5ccc6[nH]ncc6c5)n4)cc3[nH]2)n1. The first-order valence-corrected chi connectivity index (χ1v) is 13.2. The molecule has 0 saturated carbocycles. The zero-order chi connectivity index (χ0) is 29.4. The van der Waals surface area contributed by atoms with E-state index in [1.54, 1.807) is 43.7 Å². The van der Waals surface area contributed by atoms with Crippen molar-refractivity contribution in [3.63, 3.8) is 0 Å². The number of fused-ring (bicyclic) bond motifs is 2.